The Kier molecular flexibility index (Phi) is 6.54. The number of furan rings is 1. The van der Waals surface area contributed by atoms with Gasteiger partial charge in [0.15, 0.2) is 11.3 Å². The molecule has 0 spiro atoms. The maximum atomic E-state index is 12.9. The normalized spacial score (nSPS) is 15.9. The van der Waals surface area contributed by atoms with Crippen LogP contribution in [0.3, 0.4) is 0 Å². The van der Waals surface area contributed by atoms with Crippen LogP contribution in [0, 0.1) is 10.1 Å². The van der Waals surface area contributed by atoms with E-state index in [9.17, 15) is 18.5 Å². The van der Waals surface area contributed by atoms with E-state index in [1.165, 1.54) is 16.4 Å². The first-order valence-corrected chi connectivity index (χ1v) is 12.0. The van der Waals surface area contributed by atoms with Crippen molar-refractivity contribution in [1.29, 1.82) is 0 Å². The molecule has 11 heteroatoms. The van der Waals surface area contributed by atoms with Crippen LogP contribution in [0.5, 0.6) is 5.75 Å². The summed E-state index contributed by atoms with van der Waals surface area (Å²) in [6.07, 6.45) is 0. The van der Waals surface area contributed by atoms with Crippen molar-refractivity contribution in [2.45, 2.75) is 24.8 Å². The summed E-state index contributed by atoms with van der Waals surface area (Å²) in [5.41, 5.74) is 0.464. The van der Waals surface area contributed by atoms with E-state index < -0.39 is 21.0 Å². The maximum absolute atomic E-state index is 12.9. The van der Waals surface area contributed by atoms with Crippen molar-refractivity contribution in [3.63, 3.8) is 0 Å². The van der Waals surface area contributed by atoms with Crippen molar-refractivity contribution in [1.82, 2.24) is 4.31 Å². The molecule has 176 valence electrons. The number of nitrogens with one attached hydrogen (secondary N) is 1. The lowest BCUT2D eigenvalue weighted by Gasteiger charge is -2.26. The minimum Gasteiger partial charge on any atom is -0.490 e. The summed E-state index contributed by atoms with van der Waals surface area (Å²) in [7, 11) is -3.85. The number of anilines is 1. The van der Waals surface area contributed by atoms with Crippen molar-refractivity contribution in [3.8, 4) is 5.75 Å². The molecule has 1 aliphatic heterocycles. The van der Waals surface area contributed by atoms with Crippen molar-refractivity contribution in [2.75, 3.05) is 38.2 Å². The second-order valence-corrected chi connectivity index (χ2v) is 9.51. The number of morpholine rings is 1. The molecule has 1 N–H and O–H groups in total. The molecular weight excluding hydrogens is 450 g/mol. The van der Waals surface area contributed by atoms with Crippen molar-refractivity contribution < 1.29 is 27.2 Å². The fraction of sp³-hybridized carbons (Fsp3) is 0.364. The van der Waals surface area contributed by atoms with Crippen LogP contribution in [-0.4, -0.2) is 50.6 Å². The molecule has 0 saturated carbocycles. The maximum Gasteiger partial charge on any atom is 0.293 e. The van der Waals surface area contributed by atoms with E-state index in [2.05, 4.69) is 5.32 Å². The standard InChI is InChI=1S/C22H25N3O7S/c1-3-31-20-6-4-5-16-13-21(32-22(16)20)15(2)23-18-8-7-17(14-19(18)25(26)27)33(28,29)24-9-11-30-12-10-24/h4-8,13-15,23H,3,9-12H2,1-2H3. The fourth-order valence-electron chi connectivity index (χ4n) is 3.72. The minimum atomic E-state index is -3.85. The van der Waals surface area contributed by atoms with Gasteiger partial charge in [0.1, 0.15) is 11.4 Å². The second-order valence-electron chi connectivity index (χ2n) is 7.57. The van der Waals surface area contributed by atoms with Crippen LogP contribution in [0.25, 0.3) is 11.0 Å². The monoisotopic (exact) mass is 475 g/mol. The molecule has 0 radical (unpaired) electrons. The van der Waals surface area contributed by atoms with Crippen LogP contribution in [0.1, 0.15) is 25.6 Å². The average molecular weight is 476 g/mol. The Labute approximate surface area is 191 Å². The van der Waals surface area contributed by atoms with E-state index in [1.54, 1.807) is 6.92 Å². The van der Waals surface area contributed by atoms with Crippen molar-refractivity contribution >= 4 is 32.4 Å². The van der Waals surface area contributed by atoms with Crippen LogP contribution >= 0.6 is 0 Å². The predicted molar refractivity (Wildman–Crippen MR) is 122 cm³/mol. The summed E-state index contributed by atoms with van der Waals surface area (Å²) < 4.78 is 43.9. The number of nitrogens with zero attached hydrogens (tertiary/aromatic N) is 2. The largest absolute Gasteiger partial charge is 0.490 e. The van der Waals surface area contributed by atoms with E-state index in [0.29, 0.717) is 36.9 Å². The van der Waals surface area contributed by atoms with Gasteiger partial charge in [0, 0.05) is 24.5 Å². The molecule has 1 aliphatic rings. The van der Waals surface area contributed by atoms with Gasteiger partial charge in [-0.3, -0.25) is 10.1 Å². The zero-order valence-corrected chi connectivity index (χ0v) is 19.1. The van der Waals surface area contributed by atoms with Gasteiger partial charge in [-0.2, -0.15) is 4.31 Å². The molecule has 1 unspecified atom stereocenters. The molecule has 0 amide bonds. The van der Waals surface area contributed by atoms with E-state index in [1.807, 2.05) is 31.2 Å². The first kappa shape index (κ1) is 23.0. The topological polar surface area (TPSA) is 124 Å². The molecule has 1 aromatic heterocycles. The lowest BCUT2D eigenvalue weighted by Crippen LogP contribution is -2.40. The third kappa shape index (κ3) is 4.65. The Morgan fingerprint density at radius 1 is 1.21 bits per heavy atom. The lowest BCUT2D eigenvalue weighted by atomic mass is 10.2. The van der Waals surface area contributed by atoms with Crippen LogP contribution < -0.4 is 10.1 Å². The van der Waals surface area contributed by atoms with Gasteiger partial charge in [-0.15, -0.1) is 0 Å². The minimum absolute atomic E-state index is 0.126. The highest BCUT2D eigenvalue weighted by atomic mass is 32.2. The highest BCUT2D eigenvalue weighted by Crippen LogP contribution is 2.35. The van der Waals surface area contributed by atoms with Crippen molar-refractivity contribution in [3.05, 3.63) is 58.3 Å². The molecule has 10 nitrogen and oxygen atoms in total. The first-order chi connectivity index (χ1) is 15.8. The molecule has 1 fully saturated rings. The number of nitro groups is 1. The van der Waals surface area contributed by atoms with Gasteiger partial charge in [0.05, 0.1) is 35.7 Å². The van der Waals surface area contributed by atoms with Gasteiger partial charge in [-0.1, -0.05) is 12.1 Å². The van der Waals surface area contributed by atoms with Crippen LogP contribution in [0.15, 0.2) is 51.8 Å². The van der Waals surface area contributed by atoms with Crippen molar-refractivity contribution in [2.24, 2.45) is 0 Å². The number of fused-ring (bicyclic) bond motifs is 1. The van der Waals surface area contributed by atoms with E-state index in [-0.39, 0.29) is 29.4 Å². The molecule has 0 bridgehead atoms. The summed E-state index contributed by atoms with van der Waals surface area (Å²) in [6, 6.07) is 10.9. The number of nitro benzene ring substituents is 1. The van der Waals surface area contributed by atoms with Gasteiger partial charge in [0.2, 0.25) is 10.0 Å². The Balaban J connectivity index is 1.62. The van der Waals surface area contributed by atoms with E-state index in [0.717, 1.165) is 11.5 Å². The molecule has 0 aliphatic carbocycles. The summed E-state index contributed by atoms with van der Waals surface area (Å²) in [5.74, 6) is 1.19. The summed E-state index contributed by atoms with van der Waals surface area (Å²) in [6.45, 7) is 5.19. The predicted octanol–water partition coefficient (Wildman–Crippen LogP) is 3.93. The third-order valence-corrected chi connectivity index (χ3v) is 7.29. The van der Waals surface area contributed by atoms with Gasteiger partial charge >= 0.3 is 0 Å². The average Bonchev–Trinajstić information content (AvgIpc) is 3.25. The zero-order valence-electron chi connectivity index (χ0n) is 18.3. The Morgan fingerprint density at radius 3 is 2.67 bits per heavy atom. The van der Waals surface area contributed by atoms with E-state index in [4.69, 9.17) is 13.9 Å². The summed E-state index contributed by atoms with van der Waals surface area (Å²) in [5, 5.41) is 15.7. The fourth-order valence-corrected chi connectivity index (χ4v) is 5.15. The number of sulfonamides is 1. The van der Waals surface area contributed by atoms with Crippen LogP contribution in [0.2, 0.25) is 0 Å². The number of benzene rings is 2. The number of rotatable bonds is 8. The highest BCUT2D eigenvalue weighted by molar-refractivity contribution is 7.89. The Hall–Kier alpha value is -3.15. The molecule has 33 heavy (non-hydrogen) atoms. The smallest absolute Gasteiger partial charge is 0.293 e. The number of hydrogen-bond acceptors (Lipinski definition) is 8. The first-order valence-electron chi connectivity index (χ1n) is 10.6. The molecule has 3 aromatic rings. The molecule has 1 atom stereocenters. The van der Waals surface area contributed by atoms with Gasteiger partial charge in [0.25, 0.3) is 5.69 Å². The molecule has 2 heterocycles. The zero-order chi connectivity index (χ0) is 23.6. The third-order valence-electron chi connectivity index (χ3n) is 5.40. The summed E-state index contributed by atoms with van der Waals surface area (Å²) in [4.78, 5) is 11.0. The van der Waals surface area contributed by atoms with Gasteiger partial charge < -0.3 is 19.2 Å². The molecule has 2 aromatic carbocycles. The Morgan fingerprint density at radius 2 is 1.97 bits per heavy atom. The number of ether oxygens (including phenoxy) is 2. The quantitative estimate of drug-likeness (QED) is 0.384. The molecular formula is C22H25N3O7S. The summed E-state index contributed by atoms with van der Waals surface area (Å²) >= 11 is 0. The number of para-hydroxylation sites is 1. The molecule has 4 rings (SSSR count). The highest BCUT2D eigenvalue weighted by Gasteiger charge is 2.29. The lowest BCUT2D eigenvalue weighted by molar-refractivity contribution is -0.384. The van der Waals surface area contributed by atoms with Crippen LogP contribution in [0.4, 0.5) is 11.4 Å². The van der Waals surface area contributed by atoms with E-state index >= 15 is 0 Å². The van der Waals surface area contributed by atoms with Gasteiger partial charge in [-0.25, -0.2) is 8.42 Å². The second kappa shape index (κ2) is 9.38. The molecule has 1 saturated heterocycles. The van der Waals surface area contributed by atoms with Gasteiger partial charge in [-0.05, 0) is 38.1 Å². The Bertz CT molecular complexity index is 1270. The number of hydrogen-bond donors (Lipinski definition) is 1. The van der Waals surface area contributed by atoms with Crippen LogP contribution in [-0.2, 0) is 14.8 Å². The SMILES string of the molecule is CCOc1cccc2cc(C(C)Nc3ccc(S(=O)(=O)N4CCOCC4)cc3[N+](=O)[O-])oc12.